The lowest BCUT2D eigenvalue weighted by molar-refractivity contribution is -0.114. The number of carbonyl (C=O) groups excluding carboxylic acids is 2. The van der Waals surface area contributed by atoms with Gasteiger partial charge in [-0.1, -0.05) is 24.8 Å². The molecule has 0 atom stereocenters. The normalized spacial score (nSPS) is 10.6. The van der Waals surface area contributed by atoms with Crippen molar-refractivity contribution in [1.29, 1.82) is 0 Å². The molecule has 0 saturated carbocycles. The number of allylic oxidation sites excluding steroid dienone is 1. The van der Waals surface area contributed by atoms with E-state index in [1.165, 1.54) is 13.4 Å². The van der Waals surface area contributed by atoms with Crippen LogP contribution in [0.5, 0.6) is 0 Å². The number of aromatic nitrogens is 3. The van der Waals surface area contributed by atoms with E-state index in [0.29, 0.717) is 27.9 Å². The monoisotopic (exact) mass is 335 g/mol. The van der Waals surface area contributed by atoms with Gasteiger partial charge in [0.1, 0.15) is 12.0 Å². The van der Waals surface area contributed by atoms with Gasteiger partial charge in [-0.3, -0.25) is 4.79 Å². The van der Waals surface area contributed by atoms with E-state index in [0.717, 1.165) is 11.1 Å². The van der Waals surface area contributed by atoms with Gasteiger partial charge in [-0.25, -0.2) is 14.8 Å². The minimum Gasteiger partial charge on any atom is -0.465 e. The van der Waals surface area contributed by atoms with Crippen molar-refractivity contribution in [2.75, 3.05) is 7.11 Å². The molecule has 3 rings (SSSR count). The maximum absolute atomic E-state index is 12.0. The number of ether oxygens (including phenoxy) is 1. The van der Waals surface area contributed by atoms with E-state index in [1.807, 2.05) is 24.3 Å². The van der Waals surface area contributed by atoms with Crippen molar-refractivity contribution in [1.82, 2.24) is 15.0 Å². The van der Waals surface area contributed by atoms with E-state index in [-0.39, 0.29) is 12.2 Å². The first-order valence-corrected chi connectivity index (χ1v) is 7.69. The molecule has 2 heterocycles. The van der Waals surface area contributed by atoms with Crippen molar-refractivity contribution in [2.45, 2.75) is 13.3 Å². The van der Waals surface area contributed by atoms with Gasteiger partial charge in [0.2, 0.25) is 0 Å². The summed E-state index contributed by atoms with van der Waals surface area (Å²) < 4.78 is 4.83. The average Bonchev–Trinajstić information content (AvgIpc) is 3.05. The van der Waals surface area contributed by atoms with Crippen LogP contribution in [0.3, 0.4) is 0 Å². The quantitative estimate of drug-likeness (QED) is 0.572. The zero-order chi connectivity index (χ0) is 18.0. The average molecular weight is 335 g/mol. The fraction of sp³-hybridized carbons (Fsp3) is 0.158. The third-order valence-electron chi connectivity index (χ3n) is 3.92. The molecule has 3 aromatic rings. The van der Waals surface area contributed by atoms with Gasteiger partial charge in [-0.15, -0.1) is 0 Å². The van der Waals surface area contributed by atoms with E-state index in [9.17, 15) is 9.59 Å². The van der Waals surface area contributed by atoms with Gasteiger partial charge in [0.05, 0.1) is 23.8 Å². The molecule has 1 aromatic carbocycles. The van der Waals surface area contributed by atoms with Crippen LogP contribution in [0.25, 0.3) is 22.3 Å². The van der Waals surface area contributed by atoms with E-state index >= 15 is 0 Å². The molecule has 0 radical (unpaired) electrons. The molecule has 25 heavy (non-hydrogen) atoms. The lowest BCUT2D eigenvalue weighted by Gasteiger charge is -2.07. The minimum atomic E-state index is -0.462. The van der Waals surface area contributed by atoms with Crippen LogP contribution in [0.4, 0.5) is 0 Å². The SMILES string of the molecule is C=C(C)C(=O)Cc1cccc(-c2ncnc3[nH]cc(C(=O)OC)c23)c1. The number of methoxy groups -OCH3 is 1. The van der Waals surface area contributed by atoms with Gasteiger partial charge in [0.25, 0.3) is 0 Å². The Morgan fingerprint density at radius 3 is 2.80 bits per heavy atom. The summed E-state index contributed by atoms with van der Waals surface area (Å²) in [5.74, 6) is -0.474. The Morgan fingerprint density at radius 1 is 1.28 bits per heavy atom. The highest BCUT2D eigenvalue weighted by Crippen LogP contribution is 2.29. The minimum absolute atomic E-state index is 0.0121. The number of hydrogen-bond acceptors (Lipinski definition) is 5. The molecular formula is C19H17N3O3. The smallest absolute Gasteiger partial charge is 0.340 e. The topological polar surface area (TPSA) is 84.9 Å². The highest BCUT2D eigenvalue weighted by atomic mass is 16.5. The number of nitrogens with one attached hydrogen (secondary N) is 1. The number of fused-ring (bicyclic) bond motifs is 1. The van der Waals surface area contributed by atoms with Crippen LogP contribution < -0.4 is 0 Å². The summed E-state index contributed by atoms with van der Waals surface area (Å²) >= 11 is 0. The number of ketones is 1. The summed E-state index contributed by atoms with van der Waals surface area (Å²) in [7, 11) is 1.33. The van der Waals surface area contributed by atoms with Crippen LogP contribution in [0.2, 0.25) is 0 Å². The van der Waals surface area contributed by atoms with Crippen molar-refractivity contribution >= 4 is 22.8 Å². The Balaban J connectivity index is 2.11. The van der Waals surface area contributed by atoms with Crippen LogP contribution in [-0.4, -0.2) is 33.8 Å². The first kappa shape index (κ1) is 16.6. The summed E-state index contributed by atoms with van der Waals surface area (Å²) in [6, 6.07) is 7.50. The predicted molar refractivity (Wildman–Crippen MR) is 94.2 cm³/mol. The summed E-state index contributed by atoms with van der Waals surface area (Å²) in [4.78, 5) is 35.4. The molecule has 0 fully saturated rings. The number of nitrogens with zero attached hydrogens (tertiary/aromatic N) is 2. The Kier molecular flexibility index (Phi) is 4.43. The summed E-state index contributed by atoms with van der Waals surface area (Å²) in [6.07, 6.45) is 3.26. The first-order valence-electron chi connectivity index (χ1n) is 7.69. The molecule has 0 aliphatic rings. The molecule has 0 aliphatic carbocycles. The summed E-state index contributed by atoms with van der Waals surface area (Å²) in [5.41, 5.74) is 3.70. The molecule has 0 amide bonds. The number of hydrogen-bond donors (Lipinski definition) is 1. The van der Waals surface area contributed by atoms with Crippen LogP contribution in [0.1, 0.15) is 22.8 Å². The number of benzene rings is 1. The standard InChI is InChI=1S/C19H17N3O3/c1-11(2)15(23)8-12-5-4-6-13(7-12)17-16-14(19(24)25-3)9-20-18(16)22-10-21-17/h4-7,9-10H,1,8H2,2-3H3,(H,20,21,22). The van der Waals surface area contributed by atoms with E-state index in [1.54, 1.807) is 13.1 Å². The molecule has 6 nitrogen and oxygen atoms in total. The van der Waals surface area contributed by atoms with Crippen LogP contribution in [0, 0.1) is 0 Å². The zero-order valence-electron chi connectivity index (χ0n) is 14.0. The Labute approximate surface area is 144 Å². The van der Waals surface area contributed by atoms with Crippen LogP contribution >= 0.6 is 0 Å². The number of aromatic amines is 1. The van der Waals surface area contributed by atoms with Gasteiger partial charge < -0.3 is 9.72 Å². The van der Waals surface area contributed by atoms with Gasteiger partial charge in [-0.05, 0) is 24.1 Å². The Bertz CT molecular complexity index is 988. The molecule has 6 heteroatoms. The third-order valence-corrected chi connectivity index (χ3v) is 3.92. The molecule has 0 spiro atoms. The number of rotatable bonds is 5. The predicted octanol–water partition coefficient (Wildman–Crippen LogP) is 3.10. The van der Waals surface area contributed by atoms with Crippen molar-refractivity contribution in [3.05, 3.63) is 60.1 Å². The molecule has 0 saturated heterocycles. The second-order valence-electron chi connectivity index (χ2n) is 5.72. The Morgan fingerprint density at radius 2 is 2.08 bits per heavy atom. The summed E-state index contributed by atoms with van der Waals surface area (Å²) in [5, 5.41) is 0.595. The second kappa shape index (κ2) is 6.68. The molecule has 0 aliphatic heterocycles. The van der Waals surface area contributed by atoms with Crippen molar-refractivity contribution in [3.8, 4) is 11.3 Å². The molecule has 1 N–H and O–H groups in total. The first-order chi connectivity index (χ1) is 12.0. The van der Waals surface area contributed by atoms with Gasteiger partial charge in [-0.2, -0.15) is 0 Å². The van der Waals surface area contributed by atoms with Crippen molar-refractivity contribution in [3.63, 3.8) is 0 Å². The highest BCUT2D eigenvalue weighted by Gasteiger charge is 2.18. The van der Waals surface area contributed by atoms with Crippen molar-refractivity contribution < 1.29 is 14.3 Å². The second-order valence-corrected chi connectivity index (χ2v) is 5.72. The largest absolute Gasteiger partial charge is 0.465 e. The van der Waals surface area contributed by atoms with Gasteiger partial charge >= 0.3 is 5.97 Å². The number of H-pyrrole nitrogens is 1. The van der Waals surface area contributed by atoms with E-state index in [2.05, 4.69) is 21.5 Å². The summed E-state index contributed by atoms with van der Waals surface area (Å²) in [6.45, 7) is 5.38. The fourth-order valence-electron chi connectivity index (χ4n) is 2.62. The number of carbonyl (C=O) groups is 2. The highest BCUT2D eigenvalue weighted by molar-refractivity contribution is 6.08. The lowest BCUT2D eigenvalue weighted by Crippen LogP contribution is -2.03. The van der Waals surface area contributed by atoms with Crippen LogP contribution in [-0.2, 0) is 16.0 Å². The fourth-order valence-corrected chi connectivity index (χ4v) is 2.62. The van der Waals surface area contributed by atoms with E-state index in [4.69, 9.17) is 4.74 Å². The van der Waals surface area contributed by atoms with Crippen molar-refractivity contribution in [2.24, 2.45) is 0 Å². The van der Waals surface area contributed by atoms with Crippen LogP contribution in [0.15, 0.2) is 48.9 Å². The number of esters is 1. The molecule has 2 aromatic heterocycles. The maximum Gasteiger partial charge on any atom is 0.340 e. The van der Waals surface area contributed by atoms with Gasteiger partial charge in [0, 0.05) is 18.2 Å². The number of Topliss-reactive ketones (excluding diaryl/α,β-unsaturated/α-hetero) is 1. The molecule has 0 unspecified atom stereocenters. The van der Waals surface area contributed by atoms with E-state index < -0.39 is 5.97 Å². The molecule has 0 bridgehead atoms. The molecular weight excluding hydrogens is 318 g/mol. The Hall–Kier alpha value is -3.28. The lowest BCUT2D eigenvalue weighted by atomic mass is 10.00. The molecule has 126 valence electrons. The maximum atomic E-state index is 12.0. The third kappa shape index (κ3) is 3.19. The zero-order valence-corrected chi connectivity index (χ0v) is 14.0. The van der Waals surface area contributed by atoms with Gasteiger partial charge in [0.15, 0.2) is 5.78 Å².